The summed E-state index contributed by atoms with van der Waals surface area (Å²) in [5.41, 5.74) is 4.86. The maximum Gasteiger partial charge on any atom is 0.268 e. The fraction of sp³-hybridized carbons (Fsp3) is 0.281. The van der Waals surface area contributed by atoms with Gasteiger partial charge >= 0.3 is 0 Å². The zero-order valence-electron chi connectivity index (χ0n) is 23.4. The third-order valence-electron chi connectivity index (χ3n) is 8.30. The minimum absolute atomic E-state index is 0.176. The number of para-hydroxylation sites is 1. The average Bonchev–Trinajstić information content (AvgIpc) is 3.49. The first kappa shape index (κ1) is 27.1. The van der Waals surface area contributed by atoms with Crippen molar-refractivity contribution in [1.29, 1.82) is 5.26 Å². The molecule has 0 bridgehead atoms. The van der Waals surface area contributed by atoms with Crippen LogP contribution in [0, 0.1) is 18.3 Å². The third kappa shape index (κ3) is 3.89. The molecule has 1 aromatic heterocycles. The van der Waals surface area contributed by atoms with Crippen molar-refractivity contribution < 1.29 is 22.3 Å². The highest BCUT2D eigenvalue weighted by molar-refractivity contribution is 7.90. The lowest BCUT2D eigenvalue weighted by atomic mass is 9.84. The van der Waals surface area contributed by atoms with E-state index in [0.29, 0.717) is 50.2 Å². The molecule has 0 radical (unpaired) electrons. The second kappa shape index (κ2) is 9.75. The molecular weight excluding hydrogens is 541 g/mol. The molecule has 0 spiro atoms. The lowest BCUT2D eigenvalue weighted by Gasteiger charge is -2.40. The predicted octanol–water partition coefficient (Wildman–Crippen LogP) is 5.65. The number of nitriles is 1. The number of aromatic nitrogens is 1. The second-order valence-corrected chi connectivity index (χ2v) is 12.4. The quantitative estimate of drug-likeness (QED) is 0.394. The number of allylic oxidation sites excluding steroid dienone is 3. The van der Waals surface area contributed by atoms with Crippen molar-refractivity contribution >= 4 is 26.5 Å². The summed E-state index contributed by atoms with van der Waals surface area (Å²) in [4.78, 5) is 2.27. The van der Waals surface area contributed by atoms with Crippen LogP contribution in [-0.2, 0) is 19.5 Å². The van der Waals surface area contributed by atoms with Gasteiger partial charge in [-0.1, -0.05) is 42.0 Å². The standard InChI is InChI=1S/C32H30FN3O4S/c1-18-10-12-21(13-11-18)41(37,38)35-17-26(22-8-6-7-9-27(22)35)29-20(3)36-19(2)14-23-24(31(36)25(29)16-34)15-28(39-4)32(40-5)30(23)33/h6-15,17,19-20,30,32H,1-5H3. The Hall–Kier alpha value is -4.13. The van der Waals surface area contributed by atoms with E-state index in [1.54, 1.807) is 48.7 Å². The maximum atomic E-state index is 15.8. The van der Waals surface area contributed by atoms with Crippen molar-refractivity contribution in [2.24, 2.45) is 0 Å². The van der Waals surface area contributed by atoms with Crippen LogP contribution in [0.4, 0.5) is 4.39 Å². The molecule has 0 fully saturated rings. The zero-order valence-corrected chi connectivity index (χ0v) is 24.2. The van der Waals surface area contributed by atoms with Gasteiger partial charge in [-0.25, -0.2) is 16.8 Å². The highest BCUT2D eigenvalue weighted by atomic mass is 32.2. The summed E-state index contributed by atoms with van der Waals surface area (Å²) in [5, 5.41) is 11.3. The van der Waals surface area contributed by atoms with Crippen LogP contribution in [0.25, 0.3) is 16.5 Å². The molecule has 2 aromatic carbocycles. The van der Waals surface area contributed by atoms with Crippen molar-refractivity contribution in [3.05, 3.63) is 106 Å². The molecule has 7 nitrogen and oxygen atoms in total. The second-order valence-electron chi connectivity index (χ2n) is 10.6. The normalized spacial score (nSPS) is 24.2. The van der Waals surface area contributed by atoms with E-state index >= 15 is 4.39 Å². The maximum absolute atomic E-state index is 15.8. The first-order valence-corrected chi connectivity index (χ1v) is 14.8. The first-order valence-electron chi connectivity index (χ1n) is 13.4. The molecule has 41 heavy (non-hydrogen) atoms. The van der Waals surface area contributed by atoms with Gasteiger partial charge in [-0.15, -0.1) is 0 Å². The Balaban J connectivity index is 1.62. The van der Waals surface area contributed by atoms with Gasteiger partial charge in [0.1, 0.15) is 17.9 Å². The molecule has 4 unspecified atom stereocenters. The number of hydrogen-bond acceptors (Lipinski definition) is 6. The number of rotatable bonds is 5. The predicted molar refractivity (Wildman–Crippen MR) is 155 cm³/mol. The molecule has 0 N–H and O–H groups in total. The van der Waals surface area contributed by atoms with Crippen molar-refractivity contribution in [2.45, 2.75) is 50.0 Å². The van der Waals surface area contributed by atoms with E-state index < -0.39 is 22.3 Å². The first-order chi connectivity index (χ1) is 19.6. The van der Waals surface area contributed by atoms with Crippen LogP contribution in [0.5, 0.6) is 0 Å². The Bertz CT molecular complexity index is 1860. The summed E-state index contributed by atoms with van der Waals surface area (Å²) in [6.07, 6.45) is 2.89. The van der Waals surface area contributed by atoms with Gasteiger partial charge in [-0.3, -0.25) is 0 Å². The Kier molecular flexibility index (Phi) is 6.44. The number of nitrogens with zero attached hydrogens (tertiary/aromatic N) is 3. The van der Waals surface area contributed by atoms with Crippen molar-refractivity contribution in [3.63, 3.8) is 0 Å². The van der Waals surface area contributed by atoms with Crippen LogP contribution in [0.1, 0.15) is 25.0 Å². The van der Waals surface area contributed by atoms with Gasteiger partial charge in [0.15, 0.2) is 6.17 Å². The van der Waals surface area contributed by atoms with E-state index in [1.807, 2.05) is 39.0 Å². The number of fused-ring (bicyclic) bond motifs is 3. The molecule has 4 atom stereocenters. The van der Waals surface area contributed by atoms with Crippen LogP contribution in [0.15, 0.2) is 100.0 Å². The molecule has 9 heteroatoms. The van der Waals surface area contributed by atoms with Gasteiger partial charge in [0.05, 0.1) is 34.8 Å². The monoisotopic (exact) mass is 571 g/mol. The van der Waals surface area contributed by atoms with Gasteiger partial charge in [0.2, 0.25) is 0 Å². The van der Waals surface area contributed by atoms with E-state index in [0.717, 1.165) is 5.56 Å². The van der Waals surface area contributed by atoms with E-state index in [4.69, 9.17) is 9.47 Å². The van der Waals surface area contributed by atoms with Crippen LogP contribution in [0.2, 0.25) is 0 Å². The topological polar surface area (TPSA) is 84.6 Å². The fourth-order valence-electron chi connectivity index (χ4n) is 6.39. The zero-order chi connectivity index (χ0) is 29.2. The van der Waals surface area contributed by atoms with Crippen molar-refractivity contribution in [1.82, 2.24) is 8.87 Å². The SMILES string of the molecule is COC1=CC2=C3C(C#N)=C(c4cn(S(=O)(=O)c5ccc(C)cc5)c5ccccc45)C(C)N3C(C)C=C2C(F)C1OC. The Morgan fingerprint density at radius 2 is 1.76 bits per heavy atom. The van der Waals surface area contributed by atoms with Gasteiger partial charge in [-0.2, -0.15) is 5.26 Å². The average molecular weight is 572 g/mol. The van der Waals surface area contributed by atoms with Gasteiger partial charge in [0.25, 0.3) is 10.0 Å². The number of alkyl halides is 1. The number of methoxy groups -OCH3 is 2. The summed E-state index contributed by atoms with van der Waals surface area (Å²) < 4.78 is 55.7. The molecule has 0 saturated carbocycles. The number of ether oxygens (including phenoxy) is 2. The third-order valence-corrected chi connectivity index (χ3v) is 9.99. The highest BCUT2D eigenvalue weighted by Crippen LogP contribution is 2.50. The lowest BCUT2D eigenvalue weighted by Crippen LogP contribution is -2.42. The van der Waals surface area contributed by atoms with Crippen LogP contribution >= 0.6 is 0 Å². The van der Waals surface area contributed by atoms with Crippen LogP contribution in [-0.4, -0.2) is 55.9 Å². The molecule has 2 aliphatic heterocycles. The van der Waals surface area contributed by atoms with E-state index in [1.165, 1.54) is 18.2 Å². The lowest BCUT2D eigenvalue weighted by molar-refractivity contribution is 0.0300. The Labute approximate surface area is 239 Å². The molecule has 6 rings (SSSR count). The van der Waals surface area contributed by atoms with Crippen molar-refractivity contribution in [2.75, 3.05) is 14.2 Å². The van der Waals surface area contributed by atoms with Crippen LogP contribution in [0.3, 0.4) is 0 Å². The van der Waals surface area contributed by atoms with E-state index in [2.05, 4.69) is 11.0 Å². The summed E-state index contributed by atoms with van der Waals surface area (Å²) in [6, 6.07) is 15.9. The molecule has 3 aliphatic rings. The summed E-state index contributed by atoms with van der Waals surface area (Å²) in [7, 11) is -1.01. The largest absolute Gasteiger partial charge is 0.498 e. The number of aryl methyl sites for hydroxylation is 1. The molecule has 3 heterocycles. The fourth-order valence-corrected chi connectivity index (χ4v) is 7.76. The molecular formula is C32H30FN3O4S. The molecule has 0 amide bonds. The Morgan fingerprint density at radius 1 is 1.05 bits per heavy atom. The molecule has 0 saturated heterocycles. The smallest absolute Gasteiger partial charge is 0.268 e. The number of benzene rings is 2. The van der Waals surface area contributed by atoms with Gasteiger partial charge in [0, 0.05) is 41.4 Å². The van der Waals surface area contributed by atoms with E-state index in [9.17, 15) is 13.7 Å². The van der Waals surface area contributed by atoms with Gasteiger partial charge < -0.3 is 14.4 Å². The van der Waals surface area contributed by atoms with E-state index in [-0.39, 0.29) is 17.0 Å². The van der Waals surface area contributed by atoms with Crippen molar-refractivity contribution in [3.8, 4) is 6.07 Å². The van der Waals surface area contributed by atoms with Gasteiger partial charge in [-0.05, 0) is 50.6 Å². The molecule has 210 valence electrons. The number of hydrogen-bond donors (Lipinski definition) is 0. The minimum Gasteiger partial charge on any atom is -0.498 e. The summed E-state index contributed by atoms with van der Waals surface area (Å²) >= 11 is 0. The van der Waals surface area contributed by atoms with Crippen LogP contribution < -0.4 is 0 Å². The Morgan fingerprint density at radius 3 is 2.41 bits per heavy atom. The highest BCUT2D eigenvalue weighted by Gasteiger charge is 2.46. The minimum atomic E-state index is -3.93. The summed E-state index contributed by atoms with van der Waals surface area (Å²) in [5.74, 6) is 0.341. The molecule has 1 aliphatic carbocycles. The molecule has 3 aromatic rings. The summed E-state index contributed by atoms with van der Waals surface area (Å²) in [6.45, 7) is 5.86. The number of halogens is 1.